The van der Waals surface area contributed by atoms with Crippen molar-refractivity contribution in [3.63, 3.8) is 0 Å². The smallest absolute Gasteiger partial charge is 0.301 e. The topological polar surface area (TPSA) is 62.2 Å². The van der Waals surface area contributed by atoms with E-state index in [9.17, 15) is 9.59 Å². The van der Waals surface area contributed by atoms with Crippen molar-refractivity contribution in [3.05, 3.63) is 82.0 Å². The summed E-state index contributed by atoms with van der Waals surface area (Å²) in [5.41, 5.74) is 3.15. The number of rotatable bonds is 5. The number of anilines is 1. The SMILES string of the molecule is COc1ccc(C2CC(c3cccs3)=NN2CN2C(=O)C(=O)c3ccccc32)cc1. The molecule has 7 heteroatoms. The first kappa shape index (κ1) is 18.6. The maximum Gasteiger partial charge on any atom is 0.301 e. The van der Waals surface area contributed by atoms with Crippen molar-refractivity contribution in [1.29, 1.82) is 0 Å². The molecular formula is C23H19N3O3S. The van der Waals surface area contributed by atoms with Crippen LogP contribution >= 0.6 is 11.3 Å². The largest absolute Gasteiger partial charge is 0.497 e. The zero-order valence-corrected chi connectivity index (χ0v) is 17.1. The average molecular weight is 417 g/mol. The first-order valence-corrected chi connectivity index (χ1v) is 10.5. The van der Waals surface area contributed by atoms with E-state index in [0.29, 0.717) is 11.3 Å². The van der Waals surface area contributed by atoms with E-state index >= 15 is 0 Å². The van der Waals surface area contributed by atoms with Gasteiger partial charge in [0, 0.05) is 6.42 Å². The summed E-state index contributed by atoms with van der Waals surface area (Å²) in [4.78, 5) is 27.7. The average Bonchev–Trinajstić information content (AvgIpc) is 3.51. The van der Waals surface area contributed by atoms with Gasteiger partial charge < -0.3 is 4.74 Å². The second kappa shape index (κ2) is 7.42. The molecule has 0 saturated carbocycles. The highest BCUT2D eigenvalue weighted by molar-refractivity contribution is 7.12. The van der Waals surface area contributed by atoms with Gasteiger partial charge in [-0.05, 0) is 41.3 Å². The van der Waals surface area contributed by atoms with Crippen LogP contribution in [0.1, 0.15) is 33.3 Å². The van der Waals surface area contributed by atoms with Crippen LogP contribution in [0, 0.1) is 0 Å². The Hall–Kier alpha value is -3.45. The molecule has 6 nitrogen and oxygen atoms in total. The van der Waals surface area contributed by atoms with Crippen molar-refractivity contribution in [2.75, 3.05) is 18.7 Å². The van der Waals surface area contributed by atoms with Crippen LogP contribution in [0.25, 0.3) is 0 Å². The summed E-state index contributed by atoms with van der Waals surface area (Å²) in [5.74, 6) is -0.186. The van der Waals surface area contributed by atoms with Crippen molar-refractivity contribution in [1.82, 2.24) is 5.01 Å². The Morgan fingerprint density at radius 2 is 1.87 bits per heavy atom. The third-order valence-corrected chi connectivity index (χ3v) is 6.39. The van der Waals surface area contributed by atoms with Crippen LogP contribution in [-0.4, -0.2) is 36.2 Å². The van der Waals surface area contributed by atoms with Gasteiger partial charge in [-0.25, -0.2) is 0 Å². The maximum absolute atomic E-state index is 12.7. The number of hydrazone groups is 1. The van der Waals surface area contributed by atoms with Crippen molar-refractivity contribution < 1.29 is 14.3 Å². The molecule has 0 N–H and O–H groups in total. The summed E-state index contributed by atoms with van der Waals surface area (Å²) in [5, 5.41) is 8.79. The number of hydrogen-bond donors (Lipinski definition) is 0. The number of amides is 1. The Morgan fingerprint density at radius 3 is 2.60 bits per heavy atom. The van der Waals surface area contributed by atoms with E-state index in [0.717, 1.165) is 28.3 Å². The number of carbonyl (C=O) groups is 2. The first-order valence-electron chi connectivity index (χ1n) is 9.63. The Morgan fingerprint density at radius 1 is 1.07 bits per heavy atom. The van der Waals surface area contributed by atoms with E-state index < -0.39 is 11.7 Å². The Kier molecular flexibility index (Phi) is 4.59. The monoisotopic (exact) mass is 417 g/mol. The molecule has 0 fully saturated rings. The van der Waals surface area contributed by atoms with Gasteiger partial charge in [0.25, 0.3) is 5.78 Å². The summed E-state index contributed by atoms with van der Waals surface area (Å²) in [7, 11) is 1.64. The maximum atomic E-state index is 12.7. The van der Waals surface area contributed by atoms with E-state index in [1.165, 1.54) is 4.90 Å². The third-order valence-electron chi connectivity index (χ3n) is 5.47. The van der Waals surface area contributed by atoms with E-state index in [1.807, 2.05) is 46.8 Å². The van der Waals surface area contributed by atoms with Crippen LogP contribution < -0.4 is 9.64 Å². The van der Waals surface area contributed by atoms with Gasteiger partial charge in [-0.15, -0.1) is 11.3 Å². The molecule has 1 amide bonds. The Balaban J connectivity index is 1.49. The summed E-state index contributed by atoms with van der Waals surface area (Å²) >= 11 is 1.65. The normalized spacial score (nSPS) is 18.0. The lowest BCUT2D eigenvalue weighted by Crippen LogP contribution is -2.39. The zero-order chi connectivity index (χ0) is 20.7. The molecule has 0 aliphatic carbocycles. The van der Waals surface area contributed by atoms with Crippen LogP contribution in [-0.2, 0) is 4.79 Å². The molecule has 1 unspecified atom stereocenters. The van der Waals surface area contributed by atoms with Crippen molar-refractivity contribution in [2.24, 2.45) is 5.10 Å². The molecule has 2 aromatic carbocycles. The number of thiophene rings is 1. The summed E-state index contributed by atoms with van der Waals surface area (Å²) < 4.78 is 5.28. The third kappa shape index (κ3) is 3.07. The van der Waals surface area contributed by atoms with E-state index in [2.05, 4.69) is 6.07 Å². The zero-order valence-electron chi connectivity index (χ0n) is 16.3. The Labute approximate surface area is 178 Å². The van der Waals surface area contributed by atoms with Crippen LogP contribution in [0.4, 0.5) is 5.69 Å². The predicted octanol–water partition coefficient (Wildman–Crippen LogP) is 4.09. The number of benzene rings is 2. The number of Topliss-reactive ketones (excluding diaryl/α,β-unsaturated/α-hetero) is 1. The highest BCUT2D eigenvalue weighted by Crippen LogP contribution is 2.36. The van der Waals surface area contributed by atoms with Gasteiger partial charge in [0.1, 0.15) is 12.4 Å². The van der Waals surface area contributed by atoms with Crippen molar-refractivity contribution in [2.45, 2.75) is 12.5 Å². The molecule has 0 spiro atoms. The highest BCUT2D eigenvalue weighted by Gasteiger charge is 2.39. The number of fused-ring (bicyclic) bond motifs is 1. The number of carbonyl (C=O) groups excluding carboxylic acids is 2. The molecule has 5 rings (SSSR count). The predicted molar refractivity (Wildman–Crippen MR) is 116 cm³/mol. The fourth-order valence-corrected chi connectivity index (χ4v) is 4.65. The van der Waals surface area contributed by atoms with Gasteiger partial charge in [-0.3, -0.25) is 19.5 Å². The molecule has 0 bridgehead atoms. The molecule has 2 aliphatic heterocycles. The second-order valence-electron chi connectivity index (χ2n) is 7.18. The lowest BCUT2D eigenvalue weighted by molar-refractivity contribution is -0.114. The number of para-hydroxylation sites is 1. The lowest BCUT2D eigenvalue weighted by Gasteiger charge is -2.28. The van der Waals surface area contributed by atoms with Gasteiger partial charge in [0.2, 0.25) is 0 Å². The van der Waals surface area contributed by atoms with Crippen molar-refractivity contribution in [3.8, 4) is 5.75 Å². The number of hydrogen-bond acceptors (Lipinski definition) is 6. The van der Waals surface area contributed by atoms with Gasteiger partial charge >= 0.3 is 5.91 Å². The molecule has 1 atom stereocenters. The van der Waals surface area contributed by atoms with E-state index in [1.54, 1.807) is 36.6 Å². The quantitative estimate of drug-likeness (QED) is 0.587. The highest BCUT2D eigenvalue weighted by atomic mass is 32.1. The minimum atomic E-state index is -0.510. The summed E-state index contributed by atoms with van der Waals surface area (Å²) in [6.07, 6.45) is 0.727. The number of nitrogens with zero attached hydrogens (tertiary/aromatic N) is 3. The molecule has 0 saturated heterocycles. The minimum absolute atomic E-state index is 0.0383. The fraction of sp³-hybridized carbons (Fsp3) is 0.174. The second-order valence-corrected chi connectivity index (χ2v) is 8.13. The standard InChI is InChI=1S/C23H19N3O3S/c1-29-16-10-8-15(9-11-16)20-13-18(21-7-4-12-30-21)24-26(20)14-25-19-6-3-2-5-17(19)22(27)23(25)28/h2-12,20H,13-14H2,1H3. The van der Waals surface area contributed by atoms with Crippen LogP contribution in [0.15, 0.2) is 71.1 Å². The van der Waals surface area contributed by atoms with Crippen LogP contribution in [0.2, 0.25) is 0 Å². The molecule has 3 heterocycles. The van der Waals surface area contributed by atoms with E-state index in [-0.39, 0.29) is 12.7 Å². The fourth-order valence-electron chi connectivity index (χ4n) is 3.93. The van der Waals surface area contributed by atoms with Gasteiger partial charge in [-0.1, -0.05) is 30.3 Å². The van der Waals surface area contributed by atoms with E-state index in [4.69, 9.17) is 9.84 Å². The molecular weight excluding hydrogens is 398 g/mol. The molecule has 1 aromatic heterocycles. The molecule has 30 heavy (non-hydrogen) atoms. The molecule has 150 valence electrons. The number of methoxy groups -OCH3 is 1. The van der Waals surface area contributed by atoms with Gasteiger partial charge in [0.15, 0.2) is 0 Å². The molecule has 0 radical (unpaired) electrons. The number of ether oxygens (including phenoxy) is 1. The summed E-state index contributed by atoms with van der Waals surface area (Å²) in [6, 6.07) is 19.0. The van der Waals surface area contributed by atoms with Gasteiger partial charge in [-0.2, -0.15) is 5.10 Å². The van der Waals surface area contributed by atoms with Crippen LogP contribution in [0.5, 0.6) is 5.75 Å². The molecule has 3 aromatic rings. The lowest BCUT2D eigenvalue weighted by atomic mass is 10.0. The molecule has 2 aliphatic rings. The van der Waals surface area contributed by atoms with Crippen molar-refractivity contribution >= 4 is 34.4 Å². The van der Waals surface area contributed by atoms with Gasteiger partial charge in [0.05, 0.1) is 35.0 Å². The Bertz CT molecular complexity index is 1140. The first-order chi connectivity index (χ1) is 14.7. The van der Waals surface area contributed by atoms with Crippen LogP contribution in [0.3, 0.4) is 0 Å². The minimum Gasteiger partial charge on any atom is -0.497 e. The summed E-state index contributed by atoms with van der Waals surface area (Å²) in [6.45, 7) is 0.215. The number of ketones is 1.